The zero-order chi connectivity index (χ0) is 24.9. The molecule has 0 saturated heterocycles. The molecule has 0 saturated carbocycles. The van der Waals surface area contributed by atoms with Gasteiger partial charge in [0.15, 0.2) is 16.6 Å². The van der Waals surface area contributed by atoms with Crippen molar-refractivity contribution < 1.29 is 23.6 Å². The molecule has 2 aromatic carbocycles. The number of carbonyl (C=O) groups excluding carboxylic acids is 2. The Bertz CT molecular complexity index is 1350. The van der Waals surface area contributed by atoms with Gasteiger partial charge in [0.1, 0.15) is 11.5 Å². The Hall–Kier alpha value is -4.18. The number of anilines is 1. The number of ether oxygens (including phenoxy) is 2. The van der Waals surface area contributed by atoms with Gasteiger partial charge in [-0.2, -0.15) is 0 Å². The predicted molar refractivity (Wildman–Crippen MR) is 133 cm³/mol. The largest absolute Gasteiger partial charge is 0.497 e. The summed E-state index contributed by atoms with van der Waals surface area (Å²) >= 11 is 1.31. The monoisotopic (exact) mass is 492 g/mol. The highest BCUT2D eigenvalue weighted by Gasteiger charge is 2.18. The van der Waals surface area contributed by atoms with Crippen molar-refractivity contribution in [3.8, 4) is 34.1 Å². The van der Waals surface area contributed by atoms with Gasteiger partial charge in [-0.05, 0) is 30.7 Å². The van der Waals surface area contributed by atoms with Gasteiger partial charge in [0, 0.05) is 23.9 Å². The first-order valence-corrected chi connectivity index (χ1v) is 11.6. The molecule has 0 aliphatic heterocycles. The van der Waals surface area contributed by atoms with E-state index < -0.39 is 5.91 Å². The van der Waals surface area contributed by atoms with E-state index in [1.165, 1.54) is 24.3 Å². The Morgan fingerprint density at radius 2 is 1.83 bits per heavy atom. The number of nitrogens with one attached hydrogen (secondary N) is 2. The molecule has 0 spiro atoms. The topological polar surface area (TPSA) is 116 Å². The van der Waals surface area contributed by atoms with Crippen LogP contribution >= 0.6 is 11.3 Å². The molecule has 0 aliphatic carbocycles. The second kappa shape index (κ2) is 10.4. The third kappa shape index (κ3) is 5.49. The first-order valence-electron chi connectivity index (χ1n) is 10.7. The van der Waals surface area contributed by atoms with Crippen LogP contribution in [0.4, 0.5) is 5.13 Å². The van der Waals surface area contributed by atoms with Gasteiger partial charge in [0.2, 0.25) is 5.91 Å². The zero-order valence-corrected chi connectivity index (χ0v) is 20.4. The molecule has 1 atom stereocenters. The number of benzene rings is 2. The molecule has 0 radical (unpaired) electrons. The fourth-order valence-corrected chi connectivity index (χ4v) is 4.19. The van der Waals surface area contributed by atoms with Crippen LogP contribution in [-0.2, 0) is 4.79 Å². The summed E-state index contributed by atoms with van der Waals surface area (Å²) in [7, 11) is 3.11. The summed E-state index contributed by atoms with van der Waals surface area (Å²) in [6.45, 7) is 3.41. The van der Waals surface area contributed by atoms with Crippen molar-refractivity contribution >= 4 is 28.3 Å². The predicted octanol–water partition coefficient (Wildman–Crippen LogP) is 4.93. The number of amides is 2. The molecule has 4 rings (SSSR count). The van der Waals surface area contributed by atoms with E-state index in [-0.39, 0.29) is 17.6 Å². The number of methoxy groups -OCH3 is 2. The van der Waals surface area contributed by atoms with Gasteiger partial charge in [-0.15, -0.1) is 11.3 Å². The second-order valence-electron chi connectivity index (χ2n) is 7.68. The SMILES string of the molecule is COc1ccc(OC)c(-c2cc(C(=O)Nc3nc(-c4ccc(C(C)NC(C)=O)cc4)cs3)no2)c1. The lowest BCUT2D eigenvalue weighted by Gasteiger charge is -2.12. The van der Waals surface area contributed by atoms with E-state index in [0.717, 1.165) is 16.8 Å². The van der Waals surface area contributed by atoms with Crippen molar-refractivity contribution in [1.82, 2.24) is 15.5 Å². The smallest absolute Gasteiger partial charge is 0.279 e. The standard InChI is InChI=1S/C25H24N4O5S/c1-14(26-15(2)30)16-5-7-17(8-6-16)21-13-35-25(27-21)28-24(31)20-12-23(34-29-20)19-11-18(32-3)9-10-22(19)33-4/h5-14H,1-4H3,(H,26,30)(H,27,28,31). The molecule has 2 amide bonds. The lowest BCUT2D eigenvalue weighted by molar-refractivity contribution is -0.119. The Labute approximate surface area is 206 Å². The fourth-order valence-electron chi connectivity index (χ4n) is 3.47. The molecule has 180 valence electrons. The third-order valence-corrected chi connectivity index (χ3v) is 6.02. The van der Waals surface area contributed by atoms with E-state index in [0.29, 0.717) is 28.0 Å². The molecule has 0 fully saturated rings. The quantitative estimate of drug-likeness (QED) is 0.358. The summed E-state index contributed by atoms with van der Waals surface area (Å²) < 4.78 is 16.0. The van der Waals surface area contributed by atoms with E-state index in [1.807, 2.05) is 36.6 Å². The molecule has 1 unspecified atom stereocenters. The second-order valence-corrected chi connectivity index (χ2v) is 8.54. The van der Waals surface area contributed by atoms with Crippen molar-refractivity contribution in [2.45, 2.75) is 19.9 Å². The Morgan fingerprint density at radius 3 is 2.51 bits per heavy atom. The Kier molecular flexibility index (Phi) is 7.11. The van der Waals surface area contributed by atoms with Crippen LogP contribution in [0.1, 0.15) is 35.9 Å². The first-order chi connectivity index (χ1) is 16.9. The van der Waals surface area contributed by atoms with Gasteiger partial charge in [-0.3, -0.25) is 14.9 Å². The van der Waals surface area contributed by atoms with Gasteiger partial charge in [0.25, 0.3) is 5.91 Å². The average Bonchev–Trinajstić information content (AvgIpc) is 3.53. The maximum atomic E-state index is 12.7. The summed E-state index contributed by atoms with van der Waals surface area (Å²) in [4.78, 5) is 28.5. The number of aromatic nitrogens is 2. The lowest BCUT2D eigenvalue weighted by atomic mass is 10.1. The van der Waals surface area contributed by atoms with Crippen molar-refractivity contribution in [2.24, 2.45) is 0 Å². The number of rotatable bonds is 8. The Morgan fingerprint density at radius 1 is 1.06 bits per heavy atom. The lowest BCUT2D eigenvalue weighted by Crippen LogP contribution is -2.23. The van der Waals surface area contributed by atoms with Crippen LogP contribution in [0.15, 0.2) is 58.4 Å². The maximum Gasteiger partial charge on any atom is 0.279 e. The fraction of sp³-hybridized carbons (Fsp3) is 0.200. The summed E-state index contributed by atoms with van der Waals surface area (Å²) in [5, 5.41) is 11.8. The van der Waals surface area contributed by atoms with Crippen LogP contribution in [0, 0.1) is 0 Å². The van der Waals surface area contributed by atoms with Gasteiger partial charge in [-0.1, -0.05) is 29.4 Å². The molecule has 0 bridgehead atoms. The molecule has 4 aromatic rings. The van der Waals surface area contributed by atoms with Gasteiger partial charge < -0.3 is 19.3 Å². The minimum absolute atomic E-state index is 0.0803. The summed E-state index contributed by atoms with van der Waals surface area (Å²) in [5.41, 5.74) is 3.34. The van der Waals surface area contributed by atoms with E-state index >= 15 is 0 Å². The minimum atomic E-state index is -0.442. The van der Waals surface area contributed by atoms with Crippen molar-refractivity contribution in [3.63, 3.8) is 0 Å². The summed E-state index contributed by atoms with van der Waals surface area (Å²) in [6, 6.07) is 14.5. The molecule has 2 aromatic heterocycles. The van der Waals surface area contributed by atoms with E-state index in [2.05, 4.69) is 20.8 Å². The van der Waals surface area contributed by atoms with Gasteiger partial charge in [0.05, 0.1) is 31.5 Å². The third-order valence-electron chi connectivity index (χ3n) is 5.27. The normalized spacial score (nSPS) is 11.5. The number of hydrogen-bond donors (Lipinski definition) is 2. The highest BCUT2D eigenvalue weighted by Crippen LogP contribution is 2.34. The Balaban J connectivity index is 1.46. The van der Waals surface area contributed by atoms with Crippen LogP contribution in [-0.4, -0.2) is 36.2 Å². The van der Waals surface area contributed by atoms with Crippen molar-refractivity contribution in [1.29, 1.82) is 0 Å². The van der Waals surface area contributed by atoms with E-state index in [1.54, 1.807) is 32.4 Å². The first kappa shape index (κ1) is 24.0. The summed E-state index contributed by atoms with van der Waals surface area (Å²) in [5.74, 6) is 1.04. The molecule has 10 heteroatoms. The van der Waals surface area contributed by atoms with Crippen LogP contribution in [0.25, 0.3) is 22.6 Å². The molecular weight excluding hydrogens is 468 g/mol. The van der Waals surface area contributed by atoms with Crippen molar-refractivity contribution in [3.05, 3.63) is 65.2 Å². The maximum absolute atomic E-state index is 12.7. The number of thiazole rings is 1. The molecular formula is C25H24N4O5S. The van der Waals surface area contributed by atoms with E-state index in [9.17, 15) is 9.59 Å². The molecule has 2 N–H and O–H groups in total. The zero-order valence-electron chi connectivity index (χ0n) is 19.6. The highest BCUT2D eigenvalue weighted by atomic mass is 32.1. The highest BCUT2D eigenvalue weighted by molar-refractivity contribution is 7.14. The molecule has 0 aliphatic rings. The van der Waals surface area contributed by atoms with Gasteiger partial charge >= 0.3 is 0 Å². The van der Waals surface area contributed by atoms with Crippen LogP contribution < -0.4 is 20.1 Å². The van der Waals surface area contributed by atoms with Crippen molar-refractivity contribution in [2.75, 3.05) is 19.5 Å². The molecule has 35 heavy (non-hydrogen) atoms. The minimum Gasteiger partial charge on any atom is -0.497 e. The van der Waals surface area contributed by atoms with E-state index in [4.69, 9.17) is 14.0 Å². The molecule has 2 heterocycles. The number of nitrogens with zero attached hydrogens (tertiary/aromatic N) is 2. The average molecular weight is 493 g/mol. The number of carbonyl (C=O) groups is 2. The molecule has 9 nitrogen and oxygen atoms in total. The van der Waals surface area contributed by atoms with Crippen LogP contribution in [0.3, 0.4) is 0 Å². The van der Waals surface area contributed by atoms with Crippen LogP contribution in [0.5, 0.6) is 11.5 Å². The summed E-state index contributed by atoms with van der Waals surface area (Å²) in [6.07, 6.45) is 0. The number of hydrogen-bond acceptors (Lipinski definition) is 8. The van der Waals surface area contributed by atoms with Gasteiger partial charge in [-0.25, -0.2) is 4.98 Å². The van der Waals surface area contributed by atoms with Crippen LogP contribution in [0.2, 0.25) is 0 Å².